The van der Waals surface area contributed by atoms with Crippen molar-refractivity contribution in [3.8, 4) is 0 Å². The zero-order chi connectivity index (χ0) is 15.9. The summed E-state index contributed by atoms with van der Waals surface area (Å²) in [6, 6.07) is 3.15. The molecular formula is C16H19F2N3O. The topological polar surface area (TPSA) is 41.3 Å². The Kier molecular flexibility index (Phi) is 3.97. The van der Waals surface area contributed by atoms with Gasteiger partial charge in [-0.05, 0) is 31.5 Å². The summed E-state index contributed by atoms with van der Waals surface area (Å²) in [7, 11) is 1.85. The predicted molar refractivity (Wildman–Crippen MR) is 78.1 cm³/mol. The van der Waals surface area contributed by atoms with Crippen molar-refractivity contribution in [3.63, 3.8) is 0 Å². The number of nitrogens with zero attached hydrogens (tertiary/aromatic N) is 3. The zero-order valence-electron chi connectivity index (χ0n) is 12.6. The normalized spacial score (nSPS) is 22.4. The summed E-state index contributed by atoms with van der Waals surface area (Å²) >= 11 is 0. The van der Waals surface area contributed by atoms with Gasteiger partial charge in [-0.15, -0.1) is 0 Å². The largest absolute Gasteiger partial charge is 0.392 e. The van der Waals surface area contributed by atoms with Gasteiger partial charge in [0.1, 0.15) is 11.6 Å². The Morgan fingerprint density at radius 2 is 2.14 bits per heavy atom. The first-order chi connectivity index (χ1) is 10.4. The van der Waals surface area contributed by atoms with E-state index in [4.69, 9.17) is 0 Å². The number of halogens is 2. The highest BCUT2D eigenvalue weighted by Gasteiger charge is 2.34. The zero-order valence-corrected chi connectivity index (χ0v) is 12.6. The number of aliphatic hydroxyl groups excluding tert-OH is 1. The first kappa shape index (κ1) is 15.1. The molecular weight excluding hydrogens is 288 g/mol. The molecule has 0 radical (unpaired) electrons. The van der Waals surface area contributed by atoms with Gasteiger partial charge < -0.3 is 5.11 Å². The smallest absolute Gasteiger partial charge is 0.128 e. The van der Waals surface area contributed by atoms with Crippen LogP contribution in [0.3, 0.4) is 0 Å². The van der Waals surface area contributed by atoms with Crippen molar-refractivity contribution in [1.82, 2.24) is 14.7 Å². The number of aliphatic hydroxyl groups is 1. The van der Waals surface area contributed by atoms with Crippen LogP contribution in [0.4, 0.5) is 8.78 Å². The lowest BCUT2D eigenvalue weighted by molar-refractivity contribution is 0.172. The van der Waals surface area contributed by atoms with Crippen LogP contribution in [0.25, 0.3) is 0 Å². The number of rotatable bonds is 3. The van der Waals surface area contributed by atoms with E-state index in [1.807, 2.05) is 25.1 Å². The molecule has 1 N–H and O–H groups in total. The van der Waals surface area contributed by atoms with Gasteiger partial charge in [0, 0.05) is 43.5 Å². The van der Waals surface area contributed by atoms with Gasteiger partial charge in [-0.1, -0.05) is 0 Å². The van der Waals surface area contributed by atoms with Crippen LogP contribution >= 0.6 is 0 Å². The molecule has 1 aromatic heterocycles. The molecule has 6 heteroatoms. The number of β-amino-alcohol motifs (C(OH)–C–C–N with tert-alkyl or cyclic N) is 1. The van der Waals surface area contributed by atoms with Gasteiger partial charge in [-0.25, -0.2) is 8.78 Å². The van der Waals surface area contributed by atoms with Crippen LogP contribution in [-0.2, 0) is 13.6 Å². The molecule has 118 valence electrons. The average Bonchev–Trinajstić information content (AvgIpc) is 2.96. The molecule has 0 saturated carbocycles. The summed E-state index contributed by atoms with van der Waals surface area (Å²) in [5.41, 5.74) is 2.24. The average molecular weight is 307 g/mol. The maximum Gasteiger partial charge on any atom is 0.128 e. The maximum atomic E-state index is 14.1. The second kappa shape index (κ2) is 5.78. The van der Waals surface area contributed by atoms with E-state index in [0.717, 1.165) is 23.4 Å². The van der Waals surface area contributed by atoms with Crippen LogP contribution in [0.15, 0.2) is 24.4 Å². The van der Waals surface area contributed by atoms with Crippen LogP contribution in [0.2, 0.25) is 0 Å². The molecule has 2 atom stereocenters. The van der Waals surface area contributed by atoms with E-state index < -0.39 is 17.7 Å². The molecule has 0 bridgehead atoms. The van der Waals surface area contributed by atoms with Crippen LogP contribution in [0.5, 0.6) is 0 Å². The minimum absolute atomic E-state index is 0.304. The summed E-state index contributed by atoms with van der Waals surface area (Å²) < 4.78 is 29.2. The molecule has 1 saturated heterocycles. The van der Waals surface area contributed by atoms with Gasteiger partial charge in [0.25, 0.3) is 0 Å². The van der Waals surface area contributed by atoms with E-state index in [0.29, 0.717) is 25.1 Å². The molecule has 1 fully saturated rings. The molecule has 1 aliphatic rings. The summed E-state index contributed by atoms with van der Waals surface area (Å²) in [6.07, 6.45) is 1.78. The van der Waals surface area contributed by atoms with Gasteiger partial charge >= 0.3 is 0 Å². The van der Waals surface area contributed by atoms with E-state index in [-0.39, 0.29) is 6.04 Å². The highest BCUT2D eigenvalue weighted by atomic mass is 19.1. The first-order valence-electron chi connectivity index (χ1n) is 7.30. The maximum absolute atomic E-state index is 14.1. The van der Waals surface area contributed by atoms with E-state index in [2.05, 4.69) is 5.10 Å². The summed E-state index contributed by atoms with van der Waals surface area (Å²) in [4.78, 5) is 1.98. The summed E-state index contributed by atoms with van der Waals surface area (Å²) in [6.45, 7) is 2.91. The van der Waals surface area contributed by atoms with Crippen LogP contribution in [-0.4, -0.2) is 32.4 Å². The lowest BCUT2D eigenvalue weighted by Gasteiger charge is -2.24. The molecule has 2 unspecified atom stereocenters. The van der Waals surface area contributed by atoms with Crippen LogP contribution < -0.4 is 0 Å². The number of hydrogen-bond donors (Lipinski definition) is 1. The third-order valence-electron chi connectivity index (χ3n) is 4.19. The minimum atomic E-state index is -0.537. The lowest BCUT2D eigenvalue weighted by Crippen LogP contribution is -2.25. The second-order valence-corrected chi connectivity index (χ2v) is 5.91. The van der Waals surface area contributed by atoms with E-state index in [1.54, 1.807) is 4.68 Å². The number of aromatic nitrogens is 2. The van der Waals surface area contributed by atoms with Crippen molar-refractivity contribution in [1.29, 1.82) is 0 Å². The molecule has 0 amide bonds. The molecule has 3 rings (SSSR count). The van der Waals surface area contributed by atoms with Crippen molar-refractivity contribution in [2.24, 2.45) is 7.05 Å². The second-order valence-electron chi connectivity index (χ2n) is 5.91. The Labute approximate surface area is 128 Å². The van der Waals surface area contributed by atoms with Crippen LogP contribution in [0.1, 0.15) is 29.3 Å². The quantitative estimate of drug-likeness (QED) is 0.946. The number of hydrogen-bond acceptors (Lipinski definition) is 3. The molecule has 0 spiro atoms. The fourth-order valence-corrected chi connectivity index (χ4v) is 3.17. The standard InChI is InChI=1S/C16H19F2N3O/c1-10-11(7-20(2)19-10)8-21-9-13(22)6-16(21)14-5-12(17)3-4-15(14)18/h3-5,7,13,16,22H,6,8-9H2,1-2H3. The molecule has 4 nitrogen and oxygen atoms in total. The fourth-order valence-electron chi connectivity index (χ4n) is 3.17. The van der Waals surface area contributed by atoms with Crippen molar-refractivity contribution in [2.45, 2.75) is 32.0 Å². The molecule has 1 aromatic carbocycles. The molecule has 2 aromatic rings. The Morgan fingerprint density at radius 1 is 1.36 bits per heavy atom. The van der Waals surface area contributed by atoms with E-state index in [9.17, 15) is 13.9 Å². The third kappa shape index (κ3) is 2.89. The van der Waals surface area contributed by atoms with E-state index in [1.165, 1.54) is 6.07 Å². The number of benzene rings is 1. The van der Waals surface area contributed by atoms with Gasteiger partial charge in [0.2, 0.25) is 0 Å². The van der Waals surface area contributed by atoms with Crippen LogP contribution in [0, 0.1) is 18.6 Å². The van der Waals surface area contributed by atoms with Crippen molar-refractivity contribution in [2.75, 3.05) is 6.54 Å². The summed E-state index contributed by atoms with van der Waals surface area (Å²) in [5, 5.41) is 14.3. The van der Waals surface area contributed by atoms with Crippen molar-refractivity contribution < 1.29 is 13.9 Å². The molecule has 2 heterocycles. The fraction of sp³-hybridized carbons (Fsp3) is 0.438. The SMILES string of the molecule is Cc1nn(C)cc1CN1CC(O)CC1c1cc(F)ccc1F. The Bertz CT molecular complexity index is 686. The van der Waals surface area contributed by atoms with Gasteiger partial charge in [0.15, 0.2) is 0 Å². The predicted octanol–water partition coefficient (Wildman–Crippen LogP) is 2.31. The van der Waals surface area contributed by atoms with Crippen molar-refractivity contribution in [3.05, 3.63) is 52.9 Å². The number of aryl methyl sites for hydroxylation is 2. The minimum Gasteiger partial charge on any atom is -0.392 e. The highest BCUT2D eigenvalue weighted by molar-refractivity contribution is 5.25. The number of likely N-dealkylation sites (tertiary alicyclic amines) is 1. The van der Waals surface area contributed by atoms with Gasteiger partial charge in [-0.2, -0.15) is 5.10 Å². The molecule has 22 heavy (non-hydrogen) atoms. The highest BCUT2D eigenvalue weighted by Crippen LogP contribution is 2.35. The molecule has 0 aliphatic carbocycles. The first-order valence-corrected chi connectivity index (χ1v) is 7.30. The monoisotopic (exact) mass is 307 g/mol. The Hall–Kier alpha value is -1.79. The van der Waals surface area contributed by atoms with Gasteiger partial charge in [0.05, 0.1) is 11.8 Å². The lowest BCUT2D eigenvalue weighted by atomic mass is 10.0. The third-order valence-corrected chi connectivity index (χ3v) is 4.19. The summed E-state index contributed by atoms with van der Waals surface area (Å²) in [5.74, 6) is -0.899. The van der Waals surface area contributed by atoms with E-state index >= 15 is 0 Å². The van der Waals surface area contributed by atoms with Gasteiger partial charge in [-0.3, -0.25) is 9.58 Å². The molecule has 1 aliphatic heterocycles. The van der Waals surface area contributed by atoms with Crippen molar-refractivity contribution >= 4 is 0 Å². The Balaban J connectivity index is 1.89. The Morgan fingerprint density at radius 3 is 2.82 bits per heavy atom.